The van der Waals surface area contributed by atoms with Crippen molar-refractivity contribution in [2.45, 2.75) is 6.92 Å². The van der Waals surface area contributed by atoms with Gasteiger partial charge in [-0.25, -0.2) is 9.97 Å². The third-order valence-corrected chi connectivity index (χ3v) is 4.70. The third kappa shape index (κ3) is 5.62. The molecule has 166 valence electrons. The maximum atomic E-state index is 12.5. The Hall–Kier alpha value is -4.46. The summed E-state index contributed by atoms with van der Waals surface area (Å²) in [7, 11) is 0. The number of carbonyl (C=O) groups excluding carboxylic acids is 2. The monoisotopic (exact) mass is 442 g/mol. The number of para-hydroxylation sites is 1. The van der Waals surface area contributed by atoms with E-state index in [0.717, 1.165) is 16.7 Å². The van der Waals surface area contributed by atoms with Crippen LogP contribution in [-0.2, 0) is 4.79 Å². The number of aromatic nitrogens is 2. The van der Waals surface area contributed by atoms with E-state index in [4.69, 9.17) is 9.47 Å². The smallest absolute Gasteiger partial charge is 0.262 e. The molecule has 2 amide bonds. The van der Waals surface area contributed by atoms with Gasteiger partial charge < -0.3 is 20.1 Å². The predicted octanol–water partition coefficient (Wildman–Crippen LogP) is 4.30. The zero-order chi connectivity index (χ0) is 23.0. The van der Waals surface area contributed by atoms with Crippen molar-refractivity contribution >= 4 is 34.1 Å². The van der Waals surface area contributed by atoms with E-state index < -0.39 is 0 Å². The van der Waals surface area contributed by atoms with Gasteiger partial charge in [0.1, 0.15) is 12.1 Å². The standard InChI is InChI=1S/C25H22N4O4/c1-2-32-20-13-11-19(12-14-20)29-24(31)17-7-9-18(10-8-17)28-23(30)15-33-25-21-5-3-4-6-22(21)26-16-27-25/h3-14,16H,2,15H2,1H3,(H,28,30)(H,29,31). The number of amides is 2. The maximum absolute atomic E-state index is 12.5. The molecule has 0 fully saturated rings. The summed E-state index contributed by atoms with van der Waals surface area (Å²) in [6.45, 7) is 2.29. The molecule has 1 aromatic heterocycles. The Morgan fingerprint density at radius 3 is 2.27 bits per heavy atom. The number of nitrogens with one attached hydrogen (secondary N) is 2. The SMILES string of the molecule is CCOc1ccc(NC(=O)c2ccc(NC(=O)COc3ncnc4ccccc34)cc2)cc1. The summed E-state index contributed by atoms with van der Waals surface area (Å²) in [6.07, 6.45) is 1.40. The first kappa shape index (κ1) is 21.8. The van der Waals surface area contributed by atoms with Crippen molar-refractivity contribution in [1.29, 1.82) is 0 Å². The fourth-order valence-corrected chi connectivity index (χ4v) is 3.14. The number of fused-ring (bicyclic) bond motifs is 1. The lowest BCUT2D eigenvalue weighted by atomic mass is 10.2. The molecule has 3 aromatic carbocycles. The van der Waals surface area contributed by atoms with E-state index in [1.165, 1.54) is 6.33 Å². The predicted molar refractivity (Wildman–Crippen MR) is 126 cm³/mol. The largest absolute Gasteiger partial charge is 0.494 e. The zero-order valence-electron chi connectivity index (χ0n) is 17.9. The highest BCUT2D eigenvalue weighted by Crippen LogP contribution is 2.21. The highest BCUT2D eigenvalue weighted by atomic mass is 16.5. The Labute approximate surface area is 190 Å². The number of anilines is 2. The van der Waals surface area contributed by atoms with Gasteiger partial charge in [0, 0.05) is 16.9 Å². The van der Waals surface area contributed by atoms with Gasteiger partial charge in [0.05, 0.1) is 17.5 Å². The van der Waals surface area contributed by atoms with E-state index in [2.05, 4.69) is 20.6 Å². The van der Waals surface area contributed by atoms with E-state index >= 15 is 0 Å². The van der Waals surface area contributed by atoms with Crippen LogP contribution in [-0.4, -0.2) is 35.0 Å². The molecular formula is C25H22N4O4. The lowest BCUT2D eigenvalue weighted by Crippen LogP contribution is -2.20. The lowest BCUT2D eigenvalue weighted by Gasteiger charge is -2.10. The average molecular weight is 442 g/mol. The second-order valence-corrected chi connectivity index (χ2v) is 7.02. The van der Waals surface area contributed by atoms with Crippen LogP contribution in [0, 0.1) is 0 Å². The van der Waals surface area contributed by atoms with Crippen LogP contribution >= 0.6 is 0 Å². The quantitative estimate of drug-likeness (QED) is 0.422. The first-order valence-electron chi connectivity index (χ1n) is 10.4. The van der Waals surface area contributed by atoms with Crippen LogP contribution in [0.4, 0.5) is 11.4 Å². The lowest BCUT2D eigenvalue weighted by molar-refractivity contribution is -0.118. The topological polar surface area (TPSA) is 102 Å². The summed E-state index contributed by atoms with van der Waals surface area (Å²) in [4.78, 5) is 33.0. The Balaban J connectivity index is 1.31. The maximum Gasteiger partial charge on any atom is 0.262 e. The zero-order valence-corrected chi connectivity index (χ0v) is 17.9. The molecule has 0 aliphatic rings. The highest BCUT2D eigenvalue weighted by molar-refractivity contribution is 6.04. The number of benzene rings is 3. The van der Waals surface area contributed by atoms with Crippen LogP contribution in [0.2, 0.25) is 0 Å². The molecular weight excluding hydrogens is 420 g/mol. The molecule has 1 heterocycles. The van der Waals surface area contributed by atoms with Gasteiger partial charge in [-0.1, -0.05) is 12.1 Å². The van der Waals surface area contributed by atoms with Crippen molar-refractivity contribution in [2.24, 2.45) is 0 Å². The Morgan fingerprint density at radius 2 is 1.52 bits per heavy atom. The highest BCUT2D eigenvalue weighted by Gasteiger charge is 2.10. The summed E-state index contributed by atoms with van der Waals surface area (Å²) < 4.78 is 11.0. The minimum atomic E-state index is -0.343. The van der Waals surface area contributed by atoms with E-state index in [0.29, 0.717) is 29.4 Å². The molecule has 8 heteroatoms. The van der Waals surface area contributed by atoms with E-state index in [1.54, 1.807) is 48.5 Å². The summed E-state index contributed by atoms with van der Waals surface area (Å²) in [5, 5.41) is 6.30. The number of carbonyl (C=O) groups is 2. The van der Waals surface area contributed by atoms with Crippen LogP contribution in [0.3, 0.4) is 0 Å². The van der Waals surface area contributed by atoms with Gasteiger partial charge in [-0.15, -0.1) is 0 Å². The number of ether oxygens (including phenoxy) is 2. The molecule has 0 saturated heterocycles. The third-order valence-electron chi connectivity index (χ3n) is 4.70. The van der Waals surface area contributed by atoms with E-state index in [9.17, 15) is 9.59 Å². The second kappa shape index (κ2) is 10.2. The summed E-state index contributed by atoms with van der Waals surface area (Å²) in [6, 6.07) is 21.1. The van der Waals surface area contributed by atoms with Gasteiger partial charge in [0.25, 0.3) is 11.8 Å². The molecule has 8 nitrogen and oxygen atoms in total. The molecule has 0 spiro atoms. The van der Waals surface area contributed by atoms with Crippen LogP contribution < -0.4 is 20.1 Å². The fraction of sp³-hybridized carbons (Fsp3) is 0.120. The van der Waals surface area contributed by atoms with Crippen molar-refractivity contribution in [1.82, 2.24) is 9.97 Å². The molecule has 33 heavy (non-hydrogen) atoms. The van der Waals surface area contributed by atoms with Crippen LogP contribution in [0.5, 0.6) is 11.6 Å². The van der Waals surface area contributed by atoms with E-state index in [-0.39, 0.29) is 18.4 Å². The van der Waals surface area contributed by atoms with Crippen molar-refractivity contribution in [2.75, 3.05) is 23.8 Å². The molecule has 0 aliphatic carbocycles. The van der Waals surface area contributed by atoms with Crippen LogP contribution in [0.25, 0.3) is 10.9 Å². The van der Waals surface area contributed by atoms with E-state index in [1.807, 2.05) is 31.2 Å². The van der Waals surface area contributed by atoms with Crippen LogP contribution in [0.15, 0.2) is 79.1 Å². The van der Waals surface area contributed by atoms with Crippen molar-refractivity contribution in [3.8, 4) is 11.6 Å². The average Bonchev–Trinajstić information content (AvgIpc) is 2.84. The number of hydrogen-bond donors (Lipinski definition) is 2. The summed E-state index contributed by atoms with van der Waals surface area (Å²) in [5.41, 5.74) is 2.41. The Morgan fingerprint density at radius 1 is 0.818 bits per heavy atom. The van der Waals surface area contributed by atoms with Crippen molar-refractivity contribution < 1.29 is 19.1 Å². The van der Waals surface area contributed by atoms with Crippen molar-refractivity contribution in [3.05, 3.63) is 84.7 Å². The van der Waals surface area contributed by atoms with Crippen LogP contribution in [0.1, 0.15) is 17.3 Å². The number of nitrogens with zero attached hydrogens (tertiary/aromatic N) is 2. The first-order chi connectivity index (χ1) is 16.1. The number of hydrogen-bond acceptors (Lipinski definition) is 6. The van der Waals surface area contributed by atoms with Gasteiger partial charge in [-0.3, -0.25) is 9.59 Å². The molecule has 4 aromatic rings. The molecule has 0 atom stereocenters. The molecule has 0 radical (unpaired) electrons. The summed E-state index contributed by atoms with van der Waals surface area (Å²) in [5.74, 6) is 0.491. The summed E-state index contributed by atoms with van der Waals surface area (Å²) >= 11 is 0. The normalized spacial score (nSPS) is 10.5. The molecule has 0 bridgehead atoms. The molecule has 0 unspecified atom stereocenters. The molecule has 0 saturated carbocycles. The Kier molecular flexibility index (Phi) is 6.75. The fourth-order valence-electron chi connectivity index (χ4n) is 3.14. The van der Waals surface area contributed by atoms with Crippen molar-refractivity contribution in [3.63, 3.8) is 0 Å². The van der Waals surface area contributed by atoms with Gasteiger partial charge in [0.15, 0.2) is 6.61 Å². The van der Waals surface area contributed by atoms with Gasteiger partial charge in [-0.2, -0.15) is 0 Å². The molecule has 4 rings (SSSR count). The van der Waals surface area contributed by atoms with Gasteiger partial charge in [-0.05, 0) is 67.6 Å². The minimum Gasteiger partial charge on any atom is -0.494 e. The van der Waals surface area contributed by atoms with Gasteiger partial charge >= 0.3 is 0 Å². The minimum absolute atomic E-state index is 0.207. The number of rotatable bonds is 8. The first-order valence-corrected chi connectivity index (χ1v) is 10.4. The Bertz CT molecular complexity index is 1250. The second-order valence-electron chi connectivity index (χ2n) is 7.02. The molecule has 0 aliphatic heterocycles. The van der Waals surface area contributed by atoms with Gasteiger partial charge in [0.2, 0.25) is 5.88 Å². The molecule has 2 N–H and O–H groups in total.